The fourth-order valence-corrected chi connectivity index (χ4v) is 0.649. The first kappa shape index (κ1) is 11.7. The van der Waals surface area contributed by atoms with Gasteiger partial charge < -0.3 is 4.74 Å². The highest BCUT2D eigenvalue weighted by atomic mass is 16.6. The Balaban J connectivity index is 3.63. The molecule has 0 fully saturated rings. The lowest BCUT2D eigenvalue weighted by Crippen LogP contribution is -2.37. The van der Waals surface area contributed by atoms with Crippen LogP contribution < -0.4 is 5.43 Å². The summed E-state index contributed by atoms with van der Waals surface area (Å²) in [6.45, 7) is 3.64. The molecule has 0 aliphatic rings. The van der Waals surface area contributed by atoms with Crippen molar-refractivity contribution in [3.8, 4) is 0 Å². The number of hydrogen-bond acceptors (Lipinski definition) is 3. The van der Waals surface area contributed by atoms with E-state index in [0.717, 1.165) is 17.9 Å². The zero-order valence-corrected chi connectivity index (χ0v) is 8.24. The highest BCUT2D eigenvalue weighted by molar-refractivity contribution is 5.76. The predicted molar refractivity (Wildman–Crippen MR) is 46.8 cm³/mol. The summed E-state index contributed by atoms with van der Waals surface area (Å²) < 4.78 is 4.79. The Kier molecular flexibility index (Phi) is 5.67. The molecule has 0 heterocycles. The number of unbranched alkanes of at least 4 members (excludes halogenated alkanes) is 1. The molecule has 5 heteroatoms. The number of nitrogens with zero attached hydrogens (tertiary/aromatic N) is 2. The Morgan fingerprint density at radius 3 is 2.54 bits per heavy atom. The normalized spacial score (nSPS) is 9.15. The van der Waals surface area contributed by atoms with Crippen LogP contribution in [-0.4, -0.2) is 30.7 Å². The summed E-state index contributed by atoms with van der Waals surface area (Å²) >= 11 is 0. The molecule has 0 atom stereocenters. The van der Waals surface area contributed by atoms with E-state index in [2.05, 4.69) is 5.43 Å². The number of rotatable bonds is 3. The van der Waals surface area contributed by atoms with Crippen LogP contribution in [0.2, 0.25) is 0 Å². The molecular weight excluding hydrogens is 172 g/mol. The summed E-state index contributed by atoms with van der Waals surface area (Å²) in [5.41, 5.74) is 3.38. The van der Waals surface area contributed by atoms with Gasteiger partial charge in [-0.05, 0) is 6.42 Å². The summed E-state index contributed by atoms with van der Waals surface area (Å²) in [6.07, 6.45) is 1.18. The van der Waals surface area contributed by atoms with E-state index in [0.29, 0.717) is 6.61 Å². The molecule has 0 saturated heterocycles. The van der Waals surface area contributed by atoms with Crippen molar-refractivity contribution in [1.82, 2.24) is 10.4 Å². The minimum Gasteiger partial charge on any atom is -0.448 e. The maximum absolute atomic E-state index is 11.0. The van der Waals surface area contributed by atoms with Crippen LogP contribution in [0, 0.1) is 0 Å². The van der Waals surface area contributed by atoms with Gasteiger partial charge in [-0.3, -0.25) is 4.79 Å². The third kappa shape index (κ3) is 5.95. The van der Waals surface area contributed by atoms with E-state index < -0.39 is 12.0 Å². The molecule has 0 aromatic rings. The highest BCUT2D eigenvalue weighted by Gasteiger charge is 2.11. The summed E-state index contributed by atoms with van der Waals surface area (Å²) in [6, 6.07) is 0. The van der Waals surface area contributed by atoms with Crippen LogP contribution in [0.15, 0.2) is 0 Å². The van der Waals surface area contributed by atoms with Crippen molar-refractivity contribution in [2.45, 2.75) is 26.7 Å². The fourth-order valence-electron chi connectivity index (χ4n) is 0.649. The van der Waals surface area contributed by atoms with Crippen molar-refractivity contribution >= 4 is 12.0 Å². The molecule has 0 aromatic heterocycles. The smallest absolute Gasteiger partial charge is 0.430 e. The van der Waals surface area contributed by atoms with Gasteiger partial charge in [0.05, 0.1) is 6.61 Å². The zero-order valence-electron chi connectivity index (χ0n) is 8.24. The Bertz CT molecular complexity index is 182. The number of ether oxygens (including phenoxy) is 1. The van der Waals surface area contributed by atoms with Crippen LogP contribution >= 0.6 is 0 Å². The van der Waals surface area contributed by atoms with Crippen LogP contribution in [0.4, 0.5) is 4.79 Å². The van der Waals surface area contributed by atoms with Gasteiger partial charge in [-0.15, -0.1) is 5.43 Å². The molecule has 0 bridgehead atoms. The standard InChI is InChI=1S/C8H15N2O3/c1-4-5-6-13-8(12)10(3)9-7(2)11/h4-6H2,1-3H3. The Morgan fingerprint density at radius 1 is 1.46 bits per heavy atom. The summed E-state index contributed by atoms with van der Waals surface area (Å²) in [4.78, 5) is 21.5. The number of carbonyl (C=O) groups is 2. The molecule has 0 spiro atoms. The van der Waals surface area contributed by atoms with Crippen molar-refractivity contribution < 1.29 is 14.3 Å². The maximum Gasteiger partial charge on any atom is 0.430 e. The molecule has 5 nitrogen and oxygen atoms in total. The van der Waals surface area contributed by atoms with Crippen LogP contribution in [0.5, 0.6) is 0 Å². The van der Waals surface area contributed by atoms with E-state index in [4.69, 9.17) is 4.74 Å². The van der Waals surface area contributed by atoms with E-state index in [-0.39, 0.29) is 0 Å². The first-order valence-corrected chi connectivity index (χ1v) is 4.20. The molecule has 0 unspecified atom stereocenters. The quantitative estimate of drug-likeness (QED) is 0.487. The van der Waals surface area contributed by atoms with Crippen LogP contribution in [0.1, 0.15) is 26.7 Å². The highest BCUT2D eigenvalue weighted by Crippen LogP contribution is 1.92. The van der Waals surface area contributed by atoms with E-state index in [1.807, 2.05) is 6.92 Å². The predicted octanol–water partition coefficient (Wildman–Crippen LogP) is 0.921. The van der Waals surface area contributed by atoms with Crippen molar-refractivity contribution in [3.63, 3.8) is 0 Å². The lowest BCUT2D eigenvalue weighted by atomic mass is 10.4. The molecule has 0 aromatic carbocycles. The molecule has 75 valence electrons. The van der Waals surface area contributed by atoms with E-state index >= 15 is 0 Å². The second-order valence-corrected chi connectivity index (χ2v) is 2.61. The molecule has 13 heavy (non-hydrogen) atoms. The van der Waals surface area contributed by atoms with Crippen molar-refractivity contribution in [2.24, 2.45) is 0 Å². The second-order valence-electron chi connectivity index (χ2n) is 2.61. The molecule has 1 radical (unpaired) electrons. The van der Waals surface area contributed by atoms with Gasteiger partial charge >= 0.3 is 6.09 Å². The SMILES string of the molecule is CCCCOC(=O)N(C)[N]C(C)=O. The van der Waals surface area contributed by atoms with Crippen molar-refractivity contribution in [2.75, 3.05) is 13.7 Å². The summed E-state index contributed by atoms with van der Waals surface area (Å²) in [7, 11) is 1.38. The van der Waals surface area contributed by atoms with Gasteiger partial charge in [-0.1, -0.05) is 13.3 Å². The lowest BCUT2D eigenvalue weighted by molar-refractivity contribution is -0.123. The van der Waals surface area contributed by atoms with Crippen molar-refractivity contribution in [1.29, 1.82) is 0 Å². The van der Waals surface area contributed by atoms with Gasteiger partial charge in [-0.25, -0.2) is 4.79 Å². The van der Waals surface area contributed by atoms with Crippen molar-refractivity contribution in [3.05, 3.63) is 0 Å². The third-order valence-electron chi connectivity index (χ3n) is 1.28. The summed E-state index contributed by atoms with van der Waals surface area (Å²) in [5.74, 6) is -0.421. The third-order valence-corrected chi connectivity index (χ3v) is 1.28. The van der Waals surface area contributed by atoms with Gasteiger partial charge in [0.25, 0.3) is 5.91 Å². The Hall–Kier alpha value is -1.26. The number of hydrogen-bond donors (Lipinski definition) is 0. The van der Waals surface area contributed by atoms with Gasteiger partial charge in [-0.2, -0.15) is 5.01 Å². The zero-order chi connectivity index (χ0) is 10.3. The molecule has 0 saturated carbocycles. The molecular formula is C8H15N2O3. The maximum atomic E-state index is 11.0. The van der Waals surface area contributed by atoms with Crippen LogP contribution in [-0.2, 0) is 9.53 Å². The topological polar surface area (TPSA) is 60.7 Å². The number of amides is 2. The minimum absolute atomic E-state index is 0.368. The van der Waals surface area contributed by atoms with Crippen LogP contribution in [0.3, 0.4) is 0 Å². The molecule has 2 amide bonds. The van der Waals surface area contributed by atoms with Crippen LogP contribution in [0.25, 0.3) is 0 Å². The Labute approximate surface area is 78.0 Å². The molecule has 0 N–H and O–H groups in total. The monoisotopic (exact) mass is 187 g/mol. The average molecular weight is 187 g/mol. The minimum atomic E-state index is -0.594. The molecule has 0 aliphatic carbocycles. The average Bonchev–Trinajstić information content (AvgIpc) is 2.03. The van der Waals surface area contributed by atoms with Gasteiger partial charge in [0.2, 0.25) is 0 Å². The second kappa shape index (κ2) is 6.28. The van der Waals surface area contributed by atoms with E-state index in [1.54, 1.807) is 0 Å². The van der Waals surface area contributed by atoms with Gasteiger partial charge in [0.15, 0.2) is 0 Å². The van der Waals surface area contributed by atoms with E-state index in [9.17, 15) is 9.59 Å². The lowest BCUT2D eigenvalue weighted by Gasteiger charge is -2.13. The summed E-state index contributed by atoms with van der Waals surface area (Å²) in [5, 5.41) is 0.901. The van der Waals surface area contributed by atoms with Gasteiger partial charge in [0.1, 0.15) is 0 Å². The first-order valence-electron chi connectivity index (χ1n) is 4.20. The molecule has 0 aliphatic heterocycles. The Morgan fingerprint density at radius 2 is 2.08 bits per heavy atom. The largest absolute Gasteiger partial charge is 0.448 e. The molecule has 0 rings (SSSR count). The number of carbonyl (C=O) groups excluding carboxylic acids is 2. The van der Waals surface area contributed by atoms with Gasteiger partial charge in [0, 0.05) is 14.0 Å². The first-order chi connectivity index (χ1) is 6.07. The fraction of sp³-hybridized carbons (Fsp3) is 0.750. The van der Waals surface area contributed by atoms with E-state index in [1.165, 1.54) is 14.0 Å².